The minimum Gasteiger partial charge on any atom is -0.417 e. The van der Waals surface area contributed by atoms with Crippen molar-refractivity contribution in [2.45, 2.75) is 13.1 Å². The molecule has 3 rings (SSSR count). The molecule has 1 aliphatic rings. The molecule has 1 aliphatic heterocycles. The quantitative estimate of drug-likeness (QED) is 0.586. The van der Waals surface area contributed by atoms with Gasteiger partial charge in [0.25, 0.3) is 0 Å². The number of anilines is 1. The van der Waals surface area contributed by atoms with Crippen molar-refractivity contribution in [3.8, 4) is 0 Å². The molecular weight excluding hydrogens is 328 g/mol. The molecule has 0 saturated carbocycles. The van der Waals surface area contributed by atoms with E-state index in [0.717, 1.165) is 16.9 Å². The van der Waals surface area contributed by atoms with Crippen molar-refractivity contribution in [2.75, 3.05) is 4.90 Å². The number of benzene rings is 1. The molecule has 1 aromatic carbocycles. The van der Waals surface area contributed by atoms with E-state index in [1.54, 1.807) is 6.07 Å². The zero-order valence-electron chi connectivity index (χ0n) is 10.7. The molecule has 2 aromatic rings. The van der Waals surface area contributed by atoms with Crippen LogP contribution in [0.5, 0.6) is 0 Å². The number of hydrogen-bond donors (Lipinski definition) is 0. The summed E-state index contributed by atoms with van der Waals surface area (Å²) in [4.78, 5) is 24.1. The molecule has 0 fully saturated rings. The number of para-hydroxylation sites is 1. The van der Waals surface area contributed by atoms with Gasteiger partial charge in [0.1, 0.15) is 0 Å². The fraction of sp³-hybridized carbons (Fsp3) is 0.143. The standard InChI is InChI=1S/C14H10BN2O2.Y/c15-14(19)17-8-11-5-6-12(9-18)16(11)7-10-3-1-2-4-13(10)17;/h1-6H,7-8H2;/q-1;. The van der Waals surface area contributed by atoms with Crippen molar-refractivity contribution < 1.29 is 42.3 Å². The van der Waals surface area contributed by atoms with E-state index in [-0.39, 0.29) is 32.7 Å². The van der Waals surface area contributed by atoms with Gasteiger partial charge in [-0.15, -0.1) is 6.07 Å². The van der Waals surface area contributed by atoms with Crippen LogP contribution < -0.4 is 4.90 Å². The van der Waals surface area contributed by atoms with Crippen LogP contribution in [-0.2, 0) is 50.6 Å². The van der Waals surface area contributed by atoms with Crippen LogP contribution in [0.2, 0.25) is 0 Å². The molecule has 3 radical (unpaired) electrons. The van der Waals surface area contributed by atoms with Gasteiger partial charge in [0.05, 0.1) is 6.54 Å². The SMILES string of the molecule is [B]C(=O)N1Cc2ccc([C-]=O)n2Cc2ccccc21.[Y]. The molecule has 6 heteroatoms. The topological polar surface area (TPSA) is 42.3 Å². The smallest absolute Gasteiger partial charge is 0.201 e. The van der Waals surface area contributed by atoms with Crippen LogP contribution in [0.4, 0.5) is 10.5 Å². The maximum Gasteiger partial charge on any atom is 0.201 e. The summed E-state index contributed by atoms with van der Waals surface area (Å²) in [6.07, 6.45) is 1.92. The van der Waals surface area contributed by atoms with Gasteiger partial charge in [0.15, 0.2) is 5.81 Å². The summed E-state index contributed by atoms with van der Waals surface area (Å²) in [5.74, 6) is -0.501. The van der Waals surface area contributed by atoms with Crippen molar-refractivity contribution in [1.82, 2.24) is 4.57 Å². The first-order valence-corrected chi connectivity index (χ1v) is 5.92. The van der Waals surface area contributed by atoms with E-state index in [0.29, 0.717) is 18.8 Å². The molecule has 20 heavy (non-hydrogen) atoms. The van der Waals surface area contributed by atoms with Gasteiger partial charge in [-0.05, 0) is 11.6 Å². The number of aromatic nitrogens is 1. The van der Waals surface area contributed by atoms with Crippen LogP contribution in [-0.4, -0.2) is 24.5 Å². The number of amides is 1. The third kappa shape index (κ3) is 2.52. The minimum absolute atomic E-state index is 0. The van der Waals surface area contributed by atoms with Gasteiger partial charge >= 0.3 is 0 Å². The van der Waals surface area contributed by atoms with E-state index in [1.165, 1.54) is 4.90 Å². The molecule has 0 bridgehead atoms. The molecule has 0 N–H and O–H groups in total. The summed E-state index contributed by atoms with van der Waals surface area (Å²) in [6, 6.07) is 11.1. The number of carbonyl (C=O) groups excluding carboxylic acids is 2. The van der Waals surface area contributed by atoms with Crippen molar-refractivity contribution in [3.05, 3.63) is 53.3 Å². The number of nitrogens with zero attached hydrogens (tertiary/aromatic N) is 2. The van der Waals surface area contributed by atoms with E-state index in [1.807, 2.05) is 41.2 Å². The third-order valence-electron chi connectivity index (χ3n) is 3.37. The van der Waals surface area contributed by atoms with Gasteiger partial charge in [-0.25, -0.2) is 0 Å². The Hall–Kier alpha value is -1.19. The molecule has 1 amide bonds. The molecule has 0 saturated heterocycles. The molecule has 0 aliphatic carbocycles. The van der Waals surface area contributed by atoms with Crippen LogP contribution >= 0.6 is 0 Å². The van der Waals surface area contributed by atoms with Crippen LogP contribution in [0.3, 0.4) is 0 Å². The van der Waals surface area contributed by atoms with Crippen LogP contribution in [0, 0.1) is 0 Å². The zero-order chi connectivity index (χ0) is 13.4. The van der Waals surface area contributed by atoms with Crippen molar-refractivity contribution in [3.63, 3.8) is 0 Å². The summed E-state index contributed by atoms with van der Waals surface area (Å²) in [7, 11) is 5.45. The average molecular weight is 338 g/mol. The molecule has 4 nitrogen and oxygen atoms in total. The second-order valence-electron chi connectivity index (χ2n) is 4.45. The summed E-state index contributed by atoms with van der Waals surface area (Å²) in [5, 5.41) is 0. The first-order chi connectivity index (χ1) is 9.20. The Morgan fingerprint density at radius 1 is 1.15 bits per heavy atom. The Morgan fingerprint density at radius 3 is 2.60 bits per heavy atom. The third-order valence-corrected chi connectivity index (χ3v) is 3.37. The van der Waals surface area contributed by atoms with Gasteiger partial charge in [-0.1, -0.05) is 23.9 Å². The maximum absolute atomic E-state index is 11.6. The van der Waals surface area contributed by atoms with E-state index in [2.05, 4.69) is 0 Å². The number of rotatable bonds is 1. The van der Waals surface area contributed by atoms with Crippen LogP contribution in [0.15, 0.2) is 36.4 Å². The predicted molar refractivity (Wildman–Crippen MR) is 72.1 cm³/mol. The van der Waals surface area contributed by atoms with E-state index in [4.69, 9.17) is 7.85 Å². The monoisotopic (exact) mass is 338 g/mol. The second-order valence-corrected chi connectivity index (χ2v) is 4.45. The number of carbonyl (C=O) groups is 1. The van der Waals surface area contributed by atoms with Gasteiger partial charge in [-0.2, -0.15) is 6.07 Å². The zero-order valence-corrected chi connectivity index (χ0v) is 13.6. The molecule has 95 valence electrons. The van der Waals surface area contributed by atoms with Crippen molar-refractivity contribution >= 4 is 25.6 Å². The Kier molecular flexibility index (Phi) is 4.61. The van der Waals surface area contributed by atoms with Crippen LogP contribution in [0.1, 0.15) is 17.0 Å². The fourth-order valence-corrected chi connectivity index (χ4v) is 2.45. The Balaban J connectivity index is 0.00000147. The van der Waals surface area contributed by atoms with Gasteiger partial charge in [0.2, 0.25) is 7.85 Å². The molecular formula is C14H10BN2O2Y-. The van der Waals surface area contributed by atoms with Crippen molar-refractivity contribution in [2.24, 2.45) is 0 Å². The van der Waals surface area contributed by atoms with E-state index in [9.17, 15) is 9.59 Å². The molecule has 0 atom stereocenters. The van der Waals surface area contributed by atoms with Gasteiger partial charge in [-0.3, -0.25) is 4.79 Å². The molecule has 0 unspecified atom stereocenters. The Labute approximate surface area is 143 Å². The fourth-order valence-electron chi connectivity index (χ4n) is 2.45. The summed E-state index contributed by atoms with van der Waals surface area (Å²) in [6.45, 7) is 0.890. The summed E-state index contributed by atoms with van der Waals surface area (Å²) >= 11 is 0. The summed E-state index contributed by atoms with van der Waals surface area (Å²) in [5.41, 5.74) is 3.09. The van der Waals surface area contributed by atoms with E-state index >= 15 is 0 Å². The average Bonchev–Trinajstić information content (AvgIpc) is 2.70. The molecule has 2 heterocycles. The normalized spacial score (nSPS) is 12.7. The second kappa shape index (κ2) is 6.06. The Bertz CT molecular complexity index is 669. The first kappa shape index (κ1) is 15.2. The van der Waals surface area contributed by atoms with Crippen molar-refractivity contribution in [1.29, 1.82) is 0 Å². The van der Waals surface area contributed by atoms with E-state index < -0.39 is 5.81 Å². The predicted octanol–water partition coefficient (Wildman–Crippen LogP) is 1.60. The number of hydrogen-bond acceptors (Lipinski definition) is 2. The van der Waals surface area contributed by atoms with Gasteiger partial charge in [0, 0.05) is 56.9 Å². The Morgan fingerprint density at radius 2 is 1.90 bits per heavy atom. The summed E-state index contributed by atoms with van der Waals surface area (Å²) < 4.78 is 1.86. The molecule has 0 spiro atoms. The van der Waals surface area contributed by atoms with Gasteiger partial charge < -0.3 is 14.3 Å². The van der Waals surface area contributed by atoms with Crippen LogP contribution in [0.25, 0.3) is 0 Å². The number of fused-ring (bicyclic) bond motifs is 2. The first-order valence-electron chi connectivity index (χ1n) is 5.92. The minimum atomic E-state index is -0.501. The maximum atomic E-state index is 11.6. The molecule has 1 aromatic heterocycles. The largest absolute Gasteiger partial charge is 0.417 e.